The lowest BCUT2D eigenvalue weighted by atomic mass is 10.0. The number of thiophene rings is 2. The van der Waals surface area contributed by atoms with Crippen LogP contribution >= 0.6 is 22.7 Å². The Balaban J connectivity index is 1.58. The number of piperidine rings is 1. The highest BCUT2D eigenvalue weighted by molar-refractivity contribution is 7.21. The molecule has 1 amide bonds. The van der Waals surface area contributed by atoms with Crippen molar-refractivity contribution < 1.29 is 9.90 Å². The molecule has 1 saturated heterocycles. The third-order valence-corrected chi connectivity index (χ3v) is 7.83. The van der Waals surface area contributed by atoms with Crippen molar-refractivity contribution in [2.75, 3.05) is 35.2 Å². The standard InChI is InChI=1S/C22H29N5O2S2/c1-3-5-13-12-16(25-21-17(13)18(23)19(31-21)20(24)28)26-9-6-14(7-10-26)27(4-2)15-8-11-30-22(15)29/h8,11-12,14,29H,3-7,9-10,23H2,1-2H3,(H2,24,28). The monoisotopic (exact) mass is 459 g/mol. The summed E-state index contributed by atoms with van der Waals surface area (Å²) in [7, 11) is 0. The number of anilines is 3. The van der Waals surface area contributed by atoms with E-state index in [1.165, 1.54) is 22.7 Å². The summed E-state index contributed by atoms with van der Waals surface area (Å²) in [5.74, 6) is 0.440. The topological polar surface area (TPSA) is 109 Å². The lowest BCUT2D eigenvalue weighted by Crippen LogP contribution is -2.45. The smallest absolute Gasteiger partial charge is 0.260 e. The summed E-state index contributed by atoms with van der Waals surface area (Å²) in [6.45, 7) is 6.91. The van der Waals surface area contributed by atoms with E-state index in [-0.39, 0.29) is 0 Å². The highest BCUT2D eigenvalue weighted by atomic mass is 32.1. The Hall–Kier alpha value is -2.52. The molecule has 0 spiro atoms. The molecule has 0 unspecified atom stereocenters. The number of aryl methyl sites for hydroxylation is 1. The molecular weight excluding hydrogens is 430 g/mol. The quantitative estimate of drug-likeness (QED) is 0.489. The van der Waals surface area contributed by atoms with Gasteiger partial charge in [-0.25, -0.2) is 4.98 Å². The molecule has 0 aromatic carbocycles. The largest absolute Gasteiger partial charge is 0.498 e. The Morgan fingerprint density at radius 1 is 1.35 bits per heavy atom. The Kier molecular flexibility index (Phi) is 6.24. The number of nitrogens with zero attached hydrogens (tertiary/aromatic N) is 3. The molecule has 0 saturated carbocycles. The summed E-state index contributed by atoms with van der Waals surface area (Å²) in [6.07, 6.45) is 3.84. The molecule has 3 aromatic heterocycles. The van der Waals surface area contributed by atoms with Crippen LogP contribution < -0.4 is 21.3 Å². The molecule has 1 aliphatic heterocycles. The Morgan fingerprint density at radius 3 is 2.68 bits per heavy atom. The van der Waals surface area contributed by atoms with Gasteiger partial charge in [-0.15, -0.1) is 22.7 Å². The van der Waals surface area contributed by atoms with Crippen LogP contribution in [0.4, 0.5) is 17.2 Å². The van der Waals surface area contributed by atoms with Crippen molar-refractivity contribution in [3.63, 3.8) is 0 Å². The average Bonchev–Trinajstić information content (AvgIpc) is 3.33. The van der Waals surface area contributed by atoms with E-state index < -0.39 is 5.91 Å². The molecule has 0 bridgehead atoms. The van der Waals surface area contributed by atoms with E-state index in [1.807, 2.05) is 11.4 Å². The number of carbonyl (C=O) groups is 1. The average molecular weight is 460 g/mol. The van der Waals surface area contributed by atoms with Gasteiger partial charge in [0, 0.05) is 31.1 Å². The van der Waals surface area contributed by atoms with Crippen molar-refractivity contribution in [2.45, 2.75) is 45.6 Å². The Morgan fingerprint density at radius 2 is 2.10 bits per heavy atom. The molecule has 4 heterocycles. The number of carbonyl (C=O) groups excluding carboxylic acids is 1. The Bertz CT molecular complexity index is 1090. The molecule has 0 atom stereocenters. The van der Waals surface area contributed by atoms with Gasteiger partial charge in [-0.05, 0) is 49.3 Å². The summed E-state index contributed by atoms with van der Waals surface area (Å²) in [6, 6.07) is 4.52. The number of nitrogen functional groups attached to an aromatic ring is 1. The second-order valence-corrected chi connectivity index (χ2v) is 9.79. The summed E-state index contributed by atoms with van der Waals surface area (Å²) < 4.78 is 0. The minimum atomic E-state index is -0.498. The number of primary amides is 1. The zero-order chi connectivity index (χ0) is 22.1. The van der Waals surface area contributed by atoms with Gasteiger partial charge in [0.2, 0.25) is 0 Å². The third-order valence-electron chi connectivity index (χ3n) is 6.01. The van der Waals surface area contributed by atoms with Gasteiger partial charge in [-0.2, -0.15) is 0 Å². The highest BCUT2D eigenvalue weighted by Gasteiger charge is 2.27. The molecule has 9 heteroatoms. The Labute approximate surface area is 190 Å². The van der Waals surface area contributed by atoms with Crippen LogP contribution in [0.2, 0.25) is 0 Å². The summed E-state index contributed by atoms with van der Waals surface area (Å²) in [5, 5.41) is 13.4. The van der Waals surface area contributed by atoms with E-state index in [1.54, 1.807) is 0 Å². The first-order valence-electron chi connectivity index (χ1n) is 10.7. The maximum absolute atomic E-state index is 11.8. The number of hydrogen-bond acceptors (Lipinski definition) is 8. The number of amides is 1. The molecule has 166 valence electrons. The molecule has 31 heavy (non-hydrogen) atoms. The van der Waals surface area contributed by atoms with Crippen LogP contribution in [0.15, 0.2) is 17.5 Å². The van der Waals surface area contributed by atoms with E-state index in [2.05, 4.69) is 29.7 Å². The van der Waals surface area contributed by atoms with Crippen LogP contribution in [0.3, 0.4) is 0 Å². The number of aromatic nitrogens is 1. The number of nitrogens with two attached hydrogens (primary N) is 2. The van der Waals surface area contributed by atoms with Crippen LogP contribution in [0.25, 0.3) is 10.2 Å². The van der Waals surface area contributed by atoms with Crippen LogP contribution in [0, 0.1) is 0 Å². The SMILES string of the molecule is CCCc1cc(N2CCC(N(CC)c3ccsc3O)CC2)nc2sc(C(N)=O)c(N)c12. The van der Waals surface area contributed by atoms with Crippen molar-refractivity contribution in [2.24, 2.45) is 5.73 Å². The fraction of sp³-hybridized carbons (Fsp3) is 0.455. The van der Waals surface area contributed by atoms with Crippen molar-refractivity contribution in [3.8, 4) is 5.06 Å². The van der Waals surface area contributed by atoms with Crippen molar-refractivity contribution in [1.29, 1.82) is 0 Å². The van der Waals surface area contributed by atoms with Crippen LogP contribution in [-0.2, 0) is 6.42 Å². The number of pyridine rings is 1. The second kappa shape index (κ2) is 8.92. The lowest BCUT2D eigenvalue weighted by molar-refractivity contribution is 0.100. The zero-order valence-electron chi connectivity index (χ0n) is 17.9. The molecule has 1 aliphatic rings. The maximum atomic E-state index is 11.8. The zero-order valence-corrected chi connectivity index (χ0v) is 19.6. The van der Waals surface area contributed by atoms with Crippen molar-refractivity contribution >= 4 is 56.0 Å². The number of hydrogen-bond donors (Lipinski definition) is 3. The predicted molar refractivity (Wildman–Crippen MR) is 131 cm³/mol. The van der Waals surface area contributed by atoms with Gasteiger partial charge in [0.05, 0.1) is 11.4 Å². The van der Waals surface area contributed by atoms with Crippen LogP contribution in [0.1, 0.15) is 48.3 Å². The summed E-state index contributed by atoms with van der Waals surface area (Å²) in [4.78, 5) is 22.5. The van der Waals surface area contributed by atoms with E-state index in [9.17, 15) is 9.90 Å². The highest BCUT2D eigenvalue weighted by Crippen LogP contribution is 2.39. The summed E-state index contributed by atoms with van der Waals surface area (Å²) >= 11 is 2.66. The maximum Gasteiger partial charge on any atom is 0.260 e. The number of rotatable bonds is 7. The molecular formula is C22H29N5O2S2. The molecule has 1 fully saturated rings. The van der Waals surface area contributed by atoms with Crippen molar-refractivity contribution in [1.82, 2.24) is 4.98 Å². The second-order valence-electron chi connectivity index (χ2n) is 7.89. The first kappa shape index (κ1) is 21.7. The fourth-order valence-electron chi connectivity index (χ4n) is 4.54. The number of aromatic hydroxyl groups is 1. The van der Waals surface area contributed by atoms with Gasteiger partial charge in [0.15, 0.2) is 5.06 Å². The van der Waals surface area contributed by atoms with Crippen molar-refractivity contribution in [3.05, 3.63) is 28.0 Å². The molecule has 4 rings (SSSR count). The molecule has 5 N–H and O–H groups in total. The van der Waals surface area contributed by atoms with Crippen LogP contribution in [-0.4, -0.2) is 41.7 Å². The van der Waals surface area contributed by atoms with Gasteiger partial charge in [-0.1, -0.05) is 13.3 Å². The summed E-state index contributed by atoms with van der Waals surface area (Å²) in [5.41, 5.74) is 14.3. The molecule has 0 radical (unpaired) electrons. The minimum absolute atomic E-state index is 0.388. The van der Waals surface area contributed by atoms with Gasteiger partial charge in [0.1, 0.15) is 15.5 Å². The van der Waals surface area contributed by atoms with Gasteiger partial charge >= 0.3 is 0 Å². The fourth-order valence-corrected chi connectivity index (χ4v) is 6.16. The first-order chi connectivity index (χ1) is 14.9. The molecule has 0 aliphatic carbocycles. The van der Waals surface area contributed by atoms with E-state index >= 15 is 0 Å². The van der Waals surface area contributed by atoms with E-state index in [4.69, 9.17) is 16.5 Å². The molecule has 7 nitrogen and oxygen atoms in total. The van der Waals surface area contributed by atoms with Gasteiger partial charge in [-0.3, -0.25) is 4.79 Å². The van der Waals surface area contributed by atoms with E-state index in [0.717, 1.165) is 72.6 Å². The number of fused-ring (bicyclic) bond motifs is 1. The van der Waals surface area contributed by atoms with Crippen LogP contribution in [0.5, 0.6) is 5.06 Å². The van der Waals surface area contributed by atoms with E-state index in [0.29, 0.717) is 21.7 Å². The lowest BCUT2D eigenvalue weighted by Gasteiger charge is -2.39. The van der Waals surface area contributed by atoms with Gasteiger partial charge in [0.25, 0.3) is 5.91 Å². The first-order valence-corrected chi connectivity index (χ1v) is 12.4. The normalized spacial score (nSPS) is 15.0. The minimum Gasteiger partial charge on any atom is -0.498 e. The molecule has 3 aromatic rings. The third kappa shape index (κ3) is 4.04. The van der Waals surface area contributed by atoms with Gasteiger partial charge < -0.3 is 26.4 Å². The predicted octanol–water partition coefficient (Wildman–Crippen LogP) is 4.19.